The fourth-order valence-electron chi connectivity index (χ4n) is 2.96. The molecule has 0 aliphatic heterocycles. The molecular weight excluding hydrogens is 438 g/mol. The summed E-state index contributed by atoms with van der Waals surface area (Å²) >= 11 is 5.13. The van der Waals surface area contributed by atoms with Crippen molar-refractivity contribution < 1.29 is 19.1 Å². The van der Waals surface area contributed by atoms with Gasteiger partial charge in [0.2, 0.25) is 0 Å². The predicted molar refractivity (Wildman–Crippen MR) is 132 cm³/mol. The van der Waals surface area contributed by atoms with Crippen molar-refractivity contribution in [1.82, 2.24) is 16.2 Å². The van der Waals surface area contributed by atoms with E-state index in [1.165, 1.54) is 0 Å². The zero-order chi connectivity index (χ0) is 23.8. The summed E-state index contributed by atoms with van der Waals surface area (Å²) in [5.41, 5.74) is 5.33. The second kappa shape index (κ2) is 11.3. The molecule has 0 saturated heterocycles. The molecule has 172 valence electrons. The first-order valence-corrected chi connectivity index (χ1v) is 11.0. The van der Waals surface area contributed by atoms with Gasteiger partial charge in [-0.2, -0.15) is 0 Å². The first-order chi connectivity index (χ1) is 15.8. The lowest BCUT2D eigenvalue weighted by molar-refractivity contribution is -0.127. The summed E-state index contributed by atoms with van der Waals surface area (Å²) in [5, 5.41) is 4.58. The number of thiocarbonyl (C=S) groups is 1. The summed E-state index contributed by atoms with van der Waals surface area (Å²) in [4.78, 5) is 25.0. The van der Waals surface area contributed by atoms with Gasteiger partial charge in [-0.1, -0.05) is 56.3 Å². The van der Waals surface area contributed by atoms with Gasteiger partial charge < -0.3 is 9.47 Å². The smallest absolute Gasteiger partial charge is 0.279 e. The summed E-state index contributed by atoms with van der Waals surface area (Å²) in [7, 11) is 0. The zero-order valence-corrected chi connectivity index (χ0v) is 19.6. The van der Waals surface area contributed by atoms with Gasteiger partial charge in [0.05, 0.1) is 12.2 Å². The van der Waals surface area contributed by atoms with Crippen LogP contribution in [0.1, 0.15) is 31.1 Å². The second-order valence-corrected chi connectivity index (χ2v) is 8.28. The third kappa shape index (κ3) is 6.92. The van der Waals surface area contributed by atoms with Crippen LogP contribution in [0.15, 0.2) is 66.7 Å². The molecule has 0 aromatic heterocycles. The quantitative estimate of drug-likeness (QED) is 0.361. The van der Waals surface area contributed by atoms with Gasteiger partial charge in [-0.25, -0.2) is 0 Å². The first-order valence-electron chi connectivity index (χ1n) is 10.6. The summed E-state index contributed by atoms with van der Waals surface area (Å²) in [6.45, 7) is 6.15. The van der Waals surface area contributed by atoms with Crippen LogP contribution in [0.25, 0.3) is 10.8 Å². The van der Waals surface area contributed by atoms with E-state index in [9.17, 15) is 9.59 Å². The molecule has 0 heterocycles. The highest BCUT2D eigenvalue weighted by atomic mass is 32.1. The van der Waals surface area contributed by atoms with Gasteiger partial charge in [-0.3, -0.25) is 25.8 Å². The lowest BCUT2D eigenvalue weighted by Crippen LogP contribution is -2.51. The number of hydrazine groups is 1. The molecule has 0 aliphatic carbocycles. The van der Waals surface area contributed by atoms with E-state index in [1.54, 1.807) is 31.2 Å². The van der Waals surface area contributed by atoms with Crippen LogP contribution in [0.2, 0.25) is 0 Å². The zero-order valence-electron chi connectivity index (χ0n) is 18.8. The largest absolute Gasteiger partial charge is 0.492 e. The highest BCUT2D eigenvalue weighted by Gasteiger charge is 2.17. The predicted octanol–water partition coefficient (Wildman–Crippen LogP) is 3.98. The molecule has 0 bridgehead atoms. The Bertz CT molecular complexity index is 1150. The number of amides is 2. The summed E-state index contributed by atoms with van der Waals surface area (Å²) in [5.74, 6) is 0.470. The maximum atomic E-state index is 12.6. The second-order valence-electron chi connectivity index (χ2n) is 7.87. The molecule has 1 unspecified atom stereocenters. The Morgan fingerprint density at radius 2 is 1.61 bits per heavy atom. The Morgan fingerprint density at radius 1 is 0.909 bits per heavy atom. The molecule has 1 atom stereocenters. The van der Waals surface area contributed by atoms with E-state index in [-0.39, 0.29) is 5.11 Å². The van der Waals surface area contributed by atoms with Gasteiger partial charge in [0.25, 0.3) is 11.8 Å². The number of carbonyl (C=O) groups excluding carboxylic acids is 2. The minimum atomic E-state index is -0.790. The number of nitrogens with one attached hydrogen (secondary N) is 3. The number of ether oxygens (including phenoxy) is 2. The Hall–Kier alpha value is -3.65. The van der Waals surface area contributed by atoms with Crippen molar-refractivity contribution in [2.75, 3.05) is 6.61 Å². The van der Waals surface area contributed by atoms with Crippen molar-refractivity contribution in [3.05, 3.63) is 72.3 Å². The number of hydrogen-bond acceptors (Lipinski definition) is 5. The molecule has 3 aromatic carbocycles. The maximum absolute atomic E-state index is 12.6. The average molecular weight is 466 g/mol. The highest BCUT2D eigenvalue weighted by Crippen LogP contribution is 2.21. The Kier molecular flexibility index (Phi) is 8.21. The molecule has 3 N–H and O–H groups in total. The summed E-state index contributed by atoms with van der Waals surface area (Å²) in [6.07, 6.45) is -0.790. The topological polar surface area (TPSA) is 88.7 Å². The van der Waals surface area contributed by atoms with Crippen LogP contribution in [0.4, 0.5) is 0 Å². The van der Waals surface area contributed by atoms with Crippen LogP contribution < -0.4 is 25.6 Å². The van der Waals surface area contributed by atoms with E-state index >= 15 is 0 Å². The Balaban J connectivity index is 1.50. The average Bonchev–Trinajstić information content (AvgIpc) is 2.81. The van der Waals surface area contributed by atoms with E-state index in [0.29, 0.717) is 29.6 Å². The highest BCUT2D eigenvalue weighted by molar-refractivity contribution is 7.80. The van der Waals surface area contributed by atoms with Gasteiger partial charge in [-0.15, -0.1) is 0 Å². The van der Waals surface area contributed by atoms with Gasteiger partial charge in [-0.05, 0) is 60.1 Å². The molecule has 0 saturated carbocycles. The maximum Gasteiger partial charge on any atom is 0.279 e. The fourth-order valence-corrected chi connectivity index (χ4v) is 3.10. The van der Waals surface area contributed by atoms with E-state index in [2.05, 4.69) is 16.2 Å². The van der Waals surface area contributed by atoms with Gasteiger partial charge >= 0.3 is 0 Å². The molecule has 33 heavy (non-hydrogen) atoms. The van der Waals surface area contributed by atoms with Crippen molar-refractivity contribution >= 4 is 39.9 Å². The molecule has 3 aromatic rings. The number of hydrogen-bond donors (Lipinski definition) is 3. The Labute approximate surface area is 198 Å². The lowest BCUT2D eigenvalue weighted by atomic mass is 10.1. The number of carbonyl (C=O) groups is 2. The normalized spacial score (nSPS) is 11.5. The lowest BCUT2D eigenvalue weighted by Gasteiger charge is -2.17. The molecule has 7 nitrogen and oxygen atoms in total. The van der Waals surface area contributed by atoms with Crippen LogP contribution >= 0.6 is 12.2 Å². The molecule has 0 spiro atoms. The standard InChI is InChI=1S/C25H27N3O4S/c1-16(2)15-31-22-11-7-6-10-21(22)24(30)26-25(33)28-27-23(29)17(3)32-20-13-12-18-8-4-5-9-19(18)14-20/h4-14,16-17H,15H2,1-3H3,(H,27,29)(H2,26,28,30,33). The van der Waals surface area contributed by atoms with Gasteiger partial charge in [0.1, 0.15) is 11.5 Å². The van der Waals surface area contributed by atoms with E-state index in [0.717, 1.165) is 10.8 Å². The van der Waals surface area contributed by atoms with E-state index in [4.69, 9.17) is 21.7 Å². The van der Waals surface area contributed by atoms with Crippen molar-refractivity contribution in [2.45, 2.75) is 26.9 Å². The van der Waals surface area contributed by atoms with E-state index < -0.39 is 17.9 Å². The molecule has 0 radical (unpaired) electrons. The minimum Gasteiger partial charge on any atom is -0.492 e. The van der Waals surface area contributed by atoms with Crippen molar-refractivity contribution in [1.29, 1.82) is 0 Å². The number of rotatable bonds is 7. The van der Waals surface area contributed by atoms with Gasteiger partial charge in [0.15, 0.2) is 11.2 Å². The van der Waals surface area contributed by atoms with Crippen molar-refractivity contribution in [2.24, 2.45) is 5.92 Å². The minimum absolute atomic E-state index is 0.0510. The fraction of sp³-hybridized carbons (Fsp3) is 0.240. The van der Waals surface area contributed by atoms with Gasteiger partial charge in [0, 0.05) is 0 Å². The summed E-state index contributed by atoms with van der Waals surface area (Å²) in [6, 6.07) is 20.4. The molecular formula is C25H27N3O4S. The Morgan fingerprint density at radius 3 is 2.36 bits per heavy atom. The third-order valence-corrected chi connectivity index (χ3v) is 4.84. The monoisotopic (exact) mass is 465 g/mol. The van der Waals surface area contributed by atoms with Crippen LogP contribution in [0.3, 0.4) is 0 Å². The number of benzene rings is 3. The van der Waals surface area contributed by atoms with Crippen LogP contribution in [0.5, 0.6) is 11.5 Å². The number of para-hydroxylation sites is 1. The van der Waals surface area contributed by atoms with Crippen molar-refractivity contribution in [3.8, 4) is 11.5 Å². The number of fused-ring (bicyclic) bond motifs is 1. The van der Waals surface area contributed by atoms with Crippen molar-refractivity contribution in [3.63, 3.8) is 0 Å². The SMILES string of the molecule is CC(C)COc1ccccc1C(=O)NC(=S)NNC(=O)C(C)Oc1ccc2ccccc2c1. The molecule has 3 rings (SSSR count). The van der Waals surface area contributed by atoms with Crippen LogP contribution in [0, 0.1) is 5.92 Å². The molecule has 0 fully saturated rings. The third-order valence-electron chi connectivity index (χ3n) is 4.63. The molecule has 8 heteroatoms. The summed E-state index contributed by atoms with van der Waals surface area (Å²) < 4.78 is 11.4. The van der Waals surface area contributed by atoms with Crippen LogP contribution in [-0.2, 0) is 4.79 Å². The molecule has 0 aliphatic rings. The van der Waals surface area contributed by atoms with E-state index in [1.807, 2.05) is 56.3 Å². The first kappa shape index (κ1) is 24.0. The van der Waals surface area contributed by atoms with Crippen LogP contribution in [-0.4, -0.2) is 29.6 Å². The molecule has 2 amide bonds.